The van der Waals surface area contributed by atoms with Crippen LogP contribution in [-0.4, -0.2) is 43.7 Å². The Hall–Kier alpha value is -2.15. The first kappa shape index (κ1) is 16.7. The van der Waals surface area contributed by atoms with E-state index in [4.69, 9.17) is 0 Å². The lowest BCUT2D eigenvalue weighted by molar-refractivity contribution is 0.0926. The average molecular weight is 330 g/mol. The Morgan fingerprint density at radius 3 is 2.92 bits per heavy atom. The molecule has 24 heavy (non-hydrogen) atoms. The molecule has 0 spiro atoms. The highest BCUT2D eigenvalue weighted by molar-refractivity contribution is 5.92. The number of imidazole rings is 1. The van der Waals surface area contributed by atoms with Gasteiger partial charge in [0, 0.05) is 39.1 Å². The molecule has 7 heteroatoms. The smallest absolute Gasteiger partial charge is 0.272 e. The van der Waals surface area contributed by atoms with Crippen LogP contribution >= 0.6 is 0 Å². The van der Waals surface area contributed by atoms with Crippen molar-refractivity contribution < 1.29 is 4.79 Å². The van der Waals surface area contributed by atoms with Crippen molar-refractivity contribution in [3.05, 3.63) is 35.7 Å². The van der Waals surface area contributed by atoms with Gasteiger partial charge in [-0.25, -0.2) is 4.98 Å². The highest BCUT2D eigenvalue weighted by Crippen LogP contribution is 2.18. The van der Waals surface area contributed by atoms with E-state index in [1.165, 1.54) is 0 Å². The summed E-state index contributed by atoms with van der Waals surface area (Å²) in [5.74, 6) is 0.755. The Bertz CT molecular complexity index is 704. The van der Waals surface area contributed by atoms with Gasteiger partial charge in [-0.2, -0.15) is 5.10 Å². The largest absolute Gasteiger partial charge is 0.341 e. The number of hydrogen-bond donors (Lipinski definition) is 1. The van der Waals surface area contributed by atoms with E-state index in [1.54, 1.807) is 6.20 Å². The van der Waals surface area contributed by atoms with Crippen LogP contribution in [0.4, 0.5) is 0 Å². The fourth-order valence-corrected chi connectivity index (χ4v) is 3.23. The third-order valence-electron chi connectivity index (χ3n) is 4.49. The maximum atomic E-state index is 12.7. The topological polar surface area (TPSA) is 68.0 Å². The van der Waals surface area contributed by atoms with Crippen LogP contribution in [0.25, 0.3) is 0 Å². The van der Waals surface area contributed by atoms with Gasteiger partial charge in [0.05, 0.1) is 11.7 Å². The maximum absolute atomic E-state index is 12.7. The predicted octanol–water partition coefficient (Wildman–Crippen LogP) is 1.72. The molecular formula is C17H26N6O. The molecule has 0 aromatic carbocycles. The molecule has 1 aliphatic rings. The minimum atomic E-state index is -0.125. The lowest BCUT2D eigenvalue weighted by Crippen LogP contribution is -2.30. The summed E-state index contributed by atoms with van der Waals surface area (Å²) in [4.78, 5) is 19.3. The van der Waals surface area contributed by atoms with E-state index in [9.17, 15) is 4.79 Å². The molecule has 1 atom stereocenters. The van der Waals surface area contributed by atoms with Crippen molar-refractivity contribution in [2.24, 2.45) is 7.05 Å². The van der Waals surface area contributed by atoms with Gasteiger partial charge in [-0.1, -0.05) is 13.3 Å². The van der Waals surface area contributed by atoms with E-state index in [2.05, 4.69) is 34.3 Å². The van der Waals surface area contributed by atoms with Crippen LogP contribution in [0.2, 0.25) is 0 Å². The van der Waals surface area contributed by atoms with Gasteiger partial charge < -0.3 is 14.8 Å². The zero-order valence-electron chi connectivity index (χ0n) is 14.7. The van der Waals surface area contributed by atoms with E-state index in [0.29, 0.717) is 5.69 Å². The Balaban J connectivity index is 1.76. The van der Waals surface area contributed by atoms with E-state index in [0.717, 1.165) is 50.4 Å². The van der Waals surface area contributed by atoms with Crippen LogP contribution in [0, 0.1) is 0 Å². The molecule has 0 fully saturated rings. The van der Waals surface area contributed by atoms with Crippen molar-refractivity contribution in [1.82, 2.24) is 29.5 Å². The highest BCUT2D eigenvalue weighted by atomic mass is 16.2. The molecule has 3 heterocycles. The standard InChI is InChI=1S/C17H26N6O/c1-4-6-14(16-18-7-10-22(16)3)19-17(24)15-11-13-12-21(2)8-5-9-23(13)20-15/h7,10-11,14H,4-6,8-9,12H2,1-3H3,(H,19,24)/t14-/m1/s1. The lowest BCUT2D eigenvalue weighted by atomic mass is 10.1. The number of carbonyl (C=O) groups is 1. The van der Waals surface area contributed by atoms with E-state index in [-0.39, 0.29) is 11.9 Å². The quantitative estimate of drug-likeness (QED) is 0.906. The van der Waals surface area contributed by atoms with E-state index >= 15 is 0 Å². The summed E-state index contributed by atoms with van der Waals surface area (Å²) in [5.41, 5.74) is 1.60. The first-order valence-electron chi connectivity index (χ1n) is 8.62. The molecule has 0 radical (unpaired) electrons. The van der Waals surface area contributed by atoms with Gasteiger partial charge in [-0.3, -0.25) is 9.48 Å². The predicted molar refractivity (Wildman–Crippen MR) is 91.5 cm³/mol. The lowest BCUT2D eigenvalue weighted by Gasteiger charge is -2.17. The van der Waals surface area contributed by atoms with Crippen molar-refractivity contribution in [1.29, 1.82) is 0 Å². The molecule has 0 saturated heterocycles. The van der Waals surface area contributed by atoms with E-state index in [1.807, 2.05) is 28.6 Å². The fraction of sp³-hybridized carbons (Fsp3) is 0.588. The van der Waals surface area contributed by atoms with Gasteiger partial charge >= 0.3 is 0 Å². The van der Waals surface area contributed by atoms with Crippen molar-refractivity contribution in [2.45, 2.75) is 45.3 Å². The molecule has 2 aromatic heterocycles. The molecule has 0 bridgehead atoms. The van der Waals surface area contributed by atoms with Gasteiger partial charge in [0.2, 0.25) is 0 Å². The second kappa shape index (κ2) is 7.17. The minimum Gasteiger partial charge on any atom is -0.341 e. The number of nitrogens with one attached hydrogen (secondary N) is 1. The normalized spacial score (nSPS) is 16.5. The molecule has 130 valence electrons. The molecule has 0 unspecified atom stereocenters. The number of hydrogen-bond acceptors (Lipinski definition) is 4. The summed E-state index contributed by atoms with van der Waals surface area (Å²) >= 11 is 0. The van der Waals surface area contributed by atoms with Crippen LogP contribution in [0.1, 0.15) is 54.2 Å². The SMILES string of the molecule is CCC[C@@H](NC(=O)c1cc2n(n1)CCCN(C)C2)c1nccn1C. The Morgan fingerprint density at radius 2 is 2.21 bits per heavy atom. The molecular weight excluding hydrogens is 304 g/mol. The summed E-state index contributed by atoms with van der Waals surface area (Å²) in [5, 5.41) is 7.61. The average Bonchev–Trinajstić information content (AvgIpc) is 3.10. The van der Waals surface area contributed by atoms with Crippen LogP contribution in [0.3, 0.4) is 0 Å². The Labute approximate surface area is 142 Å². The number of aromatic nitrogens is 4. The molecule has 7 nitrogen and oxygen atoms in total. The van der Waals surface area contributed by atoms with Crippen LogP contribution in [0.15, 0.2) is 18.5 Å². The second-order valence-electron chi connectivity index (χ2n) is 6.55. The molecule has 1 amide bonds. The summed E-state index contributed by atoms with van der Waals surface area (Å²) < 4.78 is 3.92. The van der Waals surface area contributed by atoms with Crippen LogP contribution in [-0.2, 0) is 20.1 Å². The molecule has 0 saturated carbocycles. The zero-order chi connectivity index (χ0) is 17.1. The summed E-state index contributed by atoms with van der Waals surface area (Å²) in [6, 6.07) is 1.82. The number of fused-ring (bicyclic) bond motifs is 1. The van der Waals surface area contributed by atoms with Gasteiger partial charge in [-0.15, -0.1) is 0 Å². The first-order chi connectivity index (χ1) is 11.6. The van der Waals surface area contributed by atoms with Crippen LogP contribution in [0.5, 0.6) is 0 Å². The van der Waals surface area contributed by atoms with Gasteiger partial charge in [0.15, 0.2) is 5.69 Å². The number of carbonyl (C=O) groups excluding carboxylic acids is 1. The minimum absolute atomic E-state index is 0.0910. The number of amides is 1. The molecule has 1 aliphatic heterocycles. The van der Waals surface area contributed by atoms with Crippen molar-refractivity contribution >= 4 is 5.91 Å². The third-order valence-corrected chi connectivity index (χ3v) is 4.49. The molecule has 1 N–H and O–H groups in total. The number of aryl methyl sites for hydroxylation is 2. The third kappa shape index (κ3) is 3.51. The Kier molecular flexibility index (Phi) is 4.99. The number of nitrogens with zero attached hydrogens (tertiary/aromatic N) is 5. The van der Waals surface area contributed by atoms with Gasteiger partial charge in [-0.05, 0) is 26.0 Å². The van der Waals surface area contributed by atoms with Gasteiger partial charge in [0.25, 0.3) is 5.91 Å². The molecule has 3 rings (SSSR count). The van der Waals surface area contributed by atoms with Crippen molar-refractivity contribution in [3.8, 4) is 0 Å². The molecule has 0 aliphatic carbocycles. The monoisotopic (exact) mass is 330 g/mol. The van der Waals surface area contributed by atoms with Crippen molar-refractivity contribution in [3.63, 3.8) is 0 Å². The summed E-state index contributed by atoms with van der Waals surface area (Å²) in [6.45, 7) is 4.86. The van der Waals surface area contributed by atoms with Crippen molar-refractivity contribution in [2.75, 3.05) is 13.6 Å². The van der Waals surface area contributed by atoms with E-state index < -0.39 is 0 Å². The first-order valence-corrected chi connectivity index (χ1v) is 8.62. The number of rotatable bonds is 5. The zero-order valence-corrected chi connectivity index (χ0v) is 14.7. The van der Waals surface area contributed by atoms with Crippen LogP contribution < -0.4 is 5.32 Å². The fourth-order valence-electron chi connectivity index (χ4n) is 3.23. The summed E-state index contributed by atoms with van der Waals surface area (Å²) in [6.07, 6.45) is 6.55. The second-order valence-corrected chi connectivity index (χ2v) is 6.55. The Morgan fingerprint density at radius 1 is 1.38 bits per heavy atom. The van der Waals surface area contributed by atoms with Gasteiger partial charge in [0.1, 0.15) is 5.82 Å². The molecule has 2 aromatic rings. The highest BCUT2D eigenvalue weighted by Gasteiger charge is 2.22. The maximum Gasteiger partial charge on any atom is 0.272 e. The summed E-state index contributed by atoms with van der Waals surface area (Å²) in [7, 11) is 4.05.